The Hall–Kier alpha value is -2.23. The van der Waals surface area contributed by atoms with Gasteiger partial charge in [0.2, 0.25) is 10.0 Å². The highest BCUT2D eigenvalue weighted by Crippen LogP contribution is 2.45. The lowest BCUT2D eigenvalue weighted by Crippen LogP contribution is -2.42. The molecule has 0 fully saturated rings. The minimum absolute atomic E-state index is 0.0224. The van der Waals surface area contributed by atoms with Crippen molar-refractivity contribution in [2.45, 2.75) is 18.1 Å². The molecule has 1 unspecified atom stereocenters. The normalized spacial score (nSPS) is 14.2. The van der Waals surface area contributed by atoms with Crippen LogP contribution in [0.4, 0.5) is 4.39 Å². The number of sulfonamides is 1. The molecule has 6 nitrogen and oxygen atoms in total. The van der Waals surface area contributed by atoms with Crippen LogP contribution in [0.15, 0.2) is 48.4 Å². The summed E-state index contributed by atoms with van der Waals surface area (Å²) in [6.45, 7) is 1.64. The maximum absolute atomic E-state index is 14.6. The number of nitrogens with two attached hydrogens (primary N) is 1. The molecule has 0 saturated heterocycles. The van der Waals surface area contributed by atoms with E-state index in [0.717, 1.165) is 0 Å². The number of primary sulfonamides is 1. The van der Waals surface area contributed by atoms with E-state index >= 15 is 0 Å². The lowest BCUT2D eigenvalue weighted by Gasteiger charge is -2.30. The van der Waals surface area contributed by atoms with Gasteiger partial charge in [-0.15, -0.1) is 11.3 Å². The first-order chi connectivity index (χ1) is 11.9. The number of nitrogens with zero attached hydrogens (tertiary/aromatic N) is 3. The maximum atomic E-state index is 14.6. The largest absolute Gasteiger partial charge is 0.247 e. The SMILES string of the molecule is CCC(c1ccccc1F)(c1ncsc1-c1ccncn1)S(N)(=O)=O. The van der Waals surface area contributed by atoms with Crippen molar-refractivity contribution >= 4 is 21.4 Å². The van der Waals surface area contributed by atoms with Crippen LogP contribution in [0.3, 0.4) is 0 Å². The van der Waals surface area contributed by atoms with Crippen molar-refractivity contribution in [1.82, 2.24) is 15.0 Å². The number of thiazole rings is 1. The fourth-order valence-corrected chi connectivity index (χ4v) is 5.11. The van der Waals surface area contributed by atoms with Crippen molar-refractivity contribution in [2.24, 2.45) is 5.14 Å². The van der Waals surface area contributed by atoms with Gasteiger partial charge < -0.3 is 0 Å². The van der Waals surface area contributed by atoms with Gasteiger partial charge in [-0.25, -0.2) is 32.9 Å². The zero-order chi connectivity index (χ0) is 18.1. The maximum Gasteiger partial charge on any atom is 0.225 e. The molecule has 0 amide bonds. The Morgan fingerprint density at radius 2 is 2.00 bits per heavy atom. The highest BCUT2D eigenvalue weighted by atomic mass is 32.2. The molecular weight excluding hydrogens is 363 g/mol. The van der Waals surface area contributed by atoms with E-state index in [0.29, 0.717) is 10.6 Å². The first-order valence-corrected chi connectivity index (χ1v) is 9.82. The van der Waals surface area contributed by atoms with Crippen LogP contribution >= 0.6 is 11.3 Å². The second-order valence-electron chi connectivity index (χ2n) is 5.33. The first-order valence-electron chi connectivity index (χ1n) is 7.39. The average Bonchev–Trinajstić information content (AvgIpc) is 3.07. The van der Waals surface area contributed by atoms with Crippen molar-refractivity contribution in [3.63, 3.8) is 0 Å². The number of hydrogen-bond donors (Lipinski definition) is 1. The standard InChI is InChI=1S/C16H15FN4O2S2/c1-2-16(25(18,22)23,11-5-3-4-6-12(11)17)15-14(24-10-21-15)13-7-8-19-9-20-13/h3-10H,2H2,1H3,(H2,18,22,23). The first kappa shape index (κ1) is 17.6. The van der Waals surface area contributed by atoms with Gasteiger partial charge in [0.15, 0.2) is 4.75 Å². The van der Waals surface area contributed by atoms with Gasteiger partial charge in [-0.2, -0.15) is 0 Å². The van der Waals surface area contributed by atoms with Gasteiger partial charge in [-0.05, 0) is 18.6 Å². The monoisotopic (exact) mass is 378 g/mol. The van der Waals surface area contributed by atoms with Gasteiger partial charge in [-0.3, -0.25) is 0 Å². The minimum Gasteiger partial charge on any atom is -0.247 e. The molecule has 3 aromatic rings. The van der Waals surface area contributed by atoms with Gasteiger partial charge in [-0.1, -0.05) is 25.1 Å². The van der Waals surface area contributed by atoms with Crippen LogP contribution in [0.2, 0.25) is 0 Å². The molecule has 0 saturated carbocycles. The molecule has 0 bridgehead atoms. The van der Waals surface area contributed by atoms with Crippen molar-refractivity contribution in [3.05, 3.63) is 65.4 Å². The zero-order valence-electron chi connectivity index (χ0n) is 13.3. The molecule has 2 N–H and O–H groups in total. The zero-order valence-corrected chi connectivity index (χ0v) is 14.9. The van der Waals surface area contributed by atoms with E-state index in [1.165, 1.54) is 41.4 Å². The van der Waals surface area contributed by atoms with Crippen LogP contribution in [0.5, 0.6) is 0 Å². The molecule has 0 aliphatic rings. The fraction of sp³-hybridized carbons (Fsp3) is 0.188. The van der Waals surface area contributed by atoms with E-state index in [2.05, 4.69) is 15.0 Å². The van der Waals surface area contributed by atoms with E-state index in [4.69, 9.17) is 5.14 Å². The molecule has 2 aromatic heterocycles. The lowest BCUT2D eigenvalue weighted by molar-refractivity contribution is 0.519. The molecule has 1 aromatic carbocycles. The van der Waals surface area contributed by atoms with Gasteiger partial charge in [0, 0.05) is 11.8 Å². The molecule has 2 heterocycles. The number of benzene rings is 1. The van der Waals surface area contributed by atoms with Crippen LogP contribution in [0.1, 0.15) is 24.6 Å². The van der Waals surface area contributed by atoms with Crippen molar-refractivity contribution in [2.75, 3.05) is 0 Å². The number of aromatic nitrogens is 3. The number of hydrogen-bond acceptors (Lipinski definition) is 6. The molecule has 0 aliphatic carbocycles. The van der Waals surface area contributed by atoms with Crippen LogP contribution < -0.4 is 5.14 Å². The molecule has 0 aliphatic heterocycles. The van der Waals surface area contributed by atoms with E-state index in [9.17, 15) is 12.8 Å². The predicted octanol–water partition coefficient (Wildman–Crippen LogP) is 2.68. The van der Waals surface area contributed by atoms with Gasteiger partial charge >= 0.3 is 0 Å². The molecule has 130 valence electrons. The summed E-state index contributed by atoms with van der Waals surface area (Å²) in [7, 11) is -4.24. The summed E-state index contributed by atoms with van der Waals surface area (Å²) < 4.78 is 38.1. The topological polar surface area (TPSA) is 98.8 Å². The Kier molecular flexibility index (Phi) is 4.63. The van der Waals surface area contributed by atoms with Crippen LogP contribution in [0, 0.1) is 5.82 Å². The third-order valence-electron chi connectivity index (χ3n) is 4.06. The third kappa shape index (κ3) is 2.84. The molecule has 9 heteroatoms. The Bertz CT molecular complexity index is 992. The molecule has 1 atom stereocenters. The second kappa shape index (κ2) is 6.58. The van der Waals surface area contributed by atoms with Crippen molar-refractivity contribution in [3.8, 4) is 10.6 Å². The quantitative estimate of drug-likeness (QED) is 0.736. The molecular formula is C16H15FN4O2S2. The Morgan fingerprint density at radius 1 is 1.24 bits per heavy atom. The fourth-order valence-electron chi connectivity index (χ4n) is 2.90. The second-order valence-corrected chi connectivity index (χ2v) is 7.97. The summed E-state index contributed by atoms with van der Waals surface area (Å²) in [6, 6.07) is 7.34. The van der Waals surface area contributed by atoms with E-state index in [1.807, 2.05) is 0 Å². The highest BCUT2D eigenvalue weighted by molar-refractivity contribution is 7.90. The van der Waals surface area contributed by atoms with E-state index < -0.39 is 20.6 Å². The van der Waals surface area contributed by atoms with Crippen molar-refractivity contribution < 1.29 is 12.8 Å². The summed E-state index contributed by atoms with van der Waals surface area (Å²) >= 11 is 1.22. The molecule has 0 spiro atoms. The smallest absolute Gasteiger partial charge is 0.225 e. The summed E-state index contributed by atoms with van der Waals surface area (Å²) in [5, 5.41) is 5.60. The van der Waals surface area contributed by atoms with Crippen LogP contribution in [0.25, 0.3) is 10.6 Å². The van der Waals surface area contributed by atoms with Gasteiger partial charge in [0.05, 0.1) is 21.8 Å². The lowest BCUT2D eigenvalue weighted by atomic mass is 9.90. The Labute approximate surface area is 148 Å². The van der Waals surface area contributed by atoms with Crippen LogP contribution in [-0.2, 0) is 14.8 Å². The van der Waals surface area contributed by atoms with E-state index in [1.54, 1.807) is 25.3 Å². The molecule has 0 radical (unpaired) electrons. The number of halogens is 1. The van der Waals surface area contributed by atoms with Crippen molar-refractivity contribution in [1.29, 1.82) is 0 Å². The number of rotatable bonds is 5. The van der Waals surface area contributed by atoms with E-state index in [-0.39, 0.29) is 17.7 Å². The third-order valence-corrected chi connectivity index (χ3v) is 6.58. The average molecular weight is 378 g/mol. The molecule has 3 rings (SSSR count). The predicted molar refractivity (Wildman–Crippen MR) is 93.7 cm³/mol. The summed E-state index contributed by atoms with van der Waals surface area (Å²) in [6.07, 6.45) is 2.92. The van der Waals surface area contributed by atoms with Crippen LogP contribution in [-0.4, -0.2) is 23.4 Å². The minimum atomic E-state index is -4.24. The summed E-state index contributed by atoms with van der Waals surface area (Å²) in [5.41, 5.74) is 2.15. The highest BCUT2D eigenvalue weighted by Gasteiger charge is 2.48. The Morgan fingerprint density at radius 3 is 2.60 bits per heavy atom. The summed E-state index contributed by atoms with van der Waals surface area (Å²) in [5.74, 6) is -0.653. The van der Waals surface area contributed by atoms with Gasteiger partial charge in [0.1, 0.15) is 12.1 Å². The van der Waals surface area contributed by atoms with Gasteiger partial charge in [0.25, 0.3) is 0 Å². The molecule has 25 heavy (non-hydrogen) atoms. The Balaban J connectivity index is 2.37. The summed E-state index contributed by atoms with van der Waals surface area (Å²) in [4.78, 5) is 12.8.